The fourth-order valence-electron chi connectivity index (χ4n) is 2.65. The van der Waals surface area contributed by atoms with Crippen molar-refractivity contribution >= 4 is 22.6 Å². The van der Waals surface area contributed by atoms with Gasteiger partial charge in [-0.15, -0.1) is 0 Å². The molecular weight excluding hydrogens is 262 g/mol. The highest BCUT2D eigenvalue weighted by molar-refractivity contribution is 7.16. The second-order valence-electron chi connectivity index (χ2n) is 6.15. The largest absolute Gasteiger partial charge is 0.444 e. The van der Waals surface area contributed by atoms with E-state index in [4.69, 9.17) is 4.74 Å². The van der Waals surface area contributed by atoms with Crippen molar-refractivity contribution in [3.05, 3.63) is 10.6 Å². The van der Waals surface area contributed by atoms with Gasteiger partial charge in [-0.1, -0.05) is 11.3 Å². The van der Waals surface area contributed by atoms with Crippen LogP contribution in [0.4, 0.5) is 9.93 Å². The van der Waals surface area contributed by atoms with Gasteiger partial charge in [0, 0.05) is 23.4 Å². The molecule has 2 unspecified atom stereocenters. The smallest absolute Gasteiger partial charge is 0.413 e. The van der Waals surface area contributed by atoms with Gasteiger partial charge in [0.1, 0.15) is 5.60 Å². The van der Waals surface area contributed by atoms with E-state index in [-0.39, 0.29) is 0 Å². The molecule has 0 aliphatic carbocycles. The van der Waals surface area contributed by atoms with Gasteiger partial charge in [-0.25, -0.2) is 9.78 Å². The minimum Gasteiger partial charge on any atom is -0.444 e. The van der Waals surface area contributed by atoms with Gasteiger partial charge in [-0.3, -0.25) is 5.32 Å². The molecule has 0 saturated carbocycles. The van der Waals surface area contributed by atoms with Crippen LogP contribution in [0.5, 0.6) is 0 Å². The number of carbonyl (C=O) groups excluding carboxylic acids is 1. The zero-order chi connectivity index (χ0) is 13.6. The van der Waals surface area contributed by atoms with E-state index in [1.54, 1.807) is 11.3 Å². The molecule has 5 nitrogen and oxygen atoms in total. The molecule has 1 aromatic rings. The first-order chi connectivity index (χ1) is 8.90. The van der Waals surface area contributed by atoms with Crippen LogP contribution in [0, 0.1) is 0 Å². The fraction of sp³-hybridized carbons (Fsp3) is 0.692. The van der Waals surface area contributed by atoms with Crippen molar-refractivity contribution in [2.24, 2.45) is 0 Å². The van der Waals surface area contributed by atoms with Gasteiger partial charge in [0.2, 0.25) is 0 Å². The summed E-state index contributed by atoms with van der Waals surface area (Å²) in [5.41, 5.74) is 0.656. The molecule has 2 aliphatic rings. The number of anilines is 1. The quantitative estimate of drug-likeness (QED) is 0.831. The minimum atomic E-state index is -0.485. The summed E-state index contributed by atoms with van der Waals surface area (Å²) in [4.78, 5) is 17.5. The number of hydrogen-bond acceptors (Lipinski definition) is 5. The van der Waals surface area contributed by atoms with Crippen molar-refractivity contribution in [2.75, 3.05) is 5.32 Å². The molecule has 2 aliphatic heterocycles. The summed E-state index contributed by atoms with van der Waals surface area (Å²) < 4.78 is 5.24. The first-order valence-electron chi connectivity index (χ1n) is 6.66. The van der Waals surface area contributed by atoms with Gasteiger partial charge >= 0.3 is 6.09 Å². The van der Waals surface area contributed by atoms with Gasteiger partial charge in [0.05, 0.1) is 5.69 Å². The molecular formula is C13H19N3O2S. The summed E-state index contributed by atoms with van der Waals surface area (Å²) in [6.45, 7) is 5.55. The molecule has 19 heavy (non-hydrogen) atoms. The van der Waals surface area contributed by atoms with Crippen molar-refractivity contribution in [3.63, 3.8) is 0 Å². The third kappa shape index (κ3) is 2.74. The van der Waals surface area contributed by atoms with Crippen molar-refractivity contribution in [3.8, 4) is 0 Å². The lowest BCUT2D eigenvalue weighted by Crippen LogP contribution is -2.31. The summed E-state index contributed by atoms with van der Waals surface area (Å²) in [6, 6.07) is 0.995. The summed E-state index contributed by atoms with van der Waals surface area (Å²) in [7, 11) is 0. The number of carbonyl (C=O) groups is 1. The Bertz CT molecular complexity index is 506. The first-order valence-corrected chi connectivity index (χ1v) is 7.48. The number of ether oxygens (including phenoxy) is 1. The maximum absolute atomic E-state index is 11.7. The Labute approximate surface area is 116 Å². The van der Waals surface area contributed by atoms with E-state index in [1.165, 1.54) is 17.7 Å². The van der Waals surface area contributed by atoms with Crippen LogP contribution in [-0.2, 0) is 11.2 Å². The van der Waals surface area contributed by atoms with Crippen LogP contribution in [0.25, 0.3) is 0 Å². The second kappa shape index (κ2) is 4.45. The Morgan fingerprint density at radius 3 is 3.00 bits per heavy atom. The molecule has 1 amide bonds. The molecule has 2 N–H and O–H groups in total. The van der Waals surface area contributed by atoms with Gasteiger partial charge < -0.3 is 10.1 Å². The maximum Gasteiger partial charge on any atom is 0.413 e. The predicted molar refractivity (Wildman–Crippen MR) is 74.6 cm³/mol. The topological polar surface area (TPSA) is 63.2 Å². The molecule has 0 aromatic carbocycles. The highest BCUT2D eigenvalue weighted by atomic mass is 32.1. The molecule has 1 aromatic heterocycles. The number of aromatic nitrogens is 1. The standard InChI is InChI=1S/C13H19N3O2S/c1-13(2,3)18-12(17)16-11-15-9-6-7-4-5-8(14-7)10(9)19-11/h7-8,14H,4-6H2,1-3H3,(H,15,16,17). The number of nitrogens with one attached hydrogen (secondary N) is 2. The third-order valence-corrected chi connectivity index (χ3v) is 4.46. The minimum absolute atomic E-state index is 0.431. The summed E-state index contributed by atoms with van der Waals surface area (Å²) in [6.07, 6.45) is 2.93. The zero-order valence-corrected chi connectivity index (χ0v) is 12.3. The van der Waals surface area contributed by atoms with Crippen molar-refractivity contribution in [1.29, 1.82) is 0 Å². The Kier molecular flexibility index (Phi) is 3.02. The summed E-state index contributed by atoms with van der Waals surface area (Å²) >= 11 is 1.56. The van der Waals surface area contributed by atoms with Gasteiger partial charge in [0.15, 0.2) is 5.13 Å². The number of rotatable bonds is 1. The van der Waals surface area contributed by atoms with Crippen LogP contribution >= 0.6 is 11.3 Å². The Morgan fingerprint density at radius 2 is 2.26 bits per heavy atom. The summed E-state index contributed by atoms with van der Waals surface area (Å²) in [5, 5.41) is 6.96. The van der Waals surface area contributed by atoms with Crippen LogP contribution in [-0.4, -0.2) is 22.7 Å². The Morgan fingerprint density at radius 1 is 1.47 bits per heavy atom. The SMILES string of the molecule is CC(C)(C)OC(=O)Nc1nc2c(s1)C1CCC(C2)N1. The molecule has 0 spiro atoms. The van der Waals surface area contributed by atoms with E-state index in [1.807, 2.05) is 20.8 Å². The average molecular weight is 281 g/mol. The molecule has 2 atom stereocenters. The lowest BCUT2D eigenvalue weighted by molar-refractivity contribution is 0.0636. The van der Waals surface area contributed by atoms with Crippen molar-refractivity contribution < 1.29 is 9.53 Å². The van der Waals surface area contributed by atoms with Gasteiger partial charge in [-0.05, 0) is 33.6 Å². The highest BCUT2D eigenvalue weighted by Crippen LogP contribution is 2.40. The third-order valence-electron chi connectivity index (χ3n) is 3.33. The number of fused-ring (bicyclic) bond motifs is 4. The number of thiazole rings is 1. The van der Waals surface area contributed by atoms with Gasteiger partial charge in [-0.2, -0.15) is 0 Å². The molecule has 3 rings (SSSR count). The lowest BCUT2D eigenvalue weighted by atomic mass is 10.1. The maximum atomic E-state index is 11.7. The summed E-state index contributed by atoms with van der Waals surface area (Å²) in [5.74, 6) is 0. The van der Waals surface area contributed by atoms with Gasteiger partial charge in [0.25, 0.3) is 0 Å². The monoisotopic (exact) mass is 281 g/mol. The number of amides is 1. The van der Waals surface area contributed by atoms with Crippen LogP contribution in [0.2, 0.25) is 0 Å². The first kappa shape index (κ1) is 12.9. The fourth-order valence-corrected chi connectivity index (χ4v) is 3.72. The average Bonchev–Trinajstić information content (AvgIpc) is 2.81. The van der Waals surface area contributed by atoms with Crippen molar-refractivity contribution in [2.45, 2.75) is 57.7 Å². The predicted octanol–water partition coefficient (Wildman–Crippen LogP) is 2.84. The molecule has 1 fully saturated rings. The van der Waals surface area contributed by atoms with E-state index < -0.39 is 11.7 Å². The van der Waals surface area contributed by atoms with Crippen LogP contribution < -0.4 is 10.6 Å². The Balaban J connectivity index is 1.71. The van der Waals surface area contributed by atoms with Crippen molar-refractivity contribution in [1.82, 2.24) is 10.3 Å². The van der Waals surface area contributed by atoms with E-state index in [0.717, 1.165) is 12.1 Å². The van der Waals surface area contributed by atoms with Crippen LogP contribution in [0.15, 0.2) is 0 Å². The molecule has 3 heterocycles. The highest BCUT2D eigenvalue weighted by Gasteiger charge is 2.35. The zero-order valence-electron chi connectivity index (χ0n) is 11.4. The normalized spacial score (nSPS) is 25.0. The van der Waals surface area contributed by atoms with E-state index >= 15 is 0 Å². The molecule has 6 heteroatoms. The van der Waals surface area contributed by atoms with Crippen LogP contribution in [0.3, 0.4) is 0 Å². The molecule has 1 saturated heterocycles. The Hall–Kier alpha value is -1.14. The number of hydrogen-bond donors (Lipinski definition) is 2. The molecule has 0 radical (unpaired) electrons. The molecule has 104 valence electrons. The number of nitrogens with zero attached hydrogens (tertiary/aromatic N) is 1. The van der Waals surface area contributed by atoms with E-state index in [9.17, 15) is 4.79 Å². The van der Waals surface area contributed by atoms with E-state index in [2.05, 4.69) is 15.6 Å². The molecule has 2 bridgehead atoms. The van der Waals surface area contributed by atoms with Crippen LogP contribution in [0.1, 0.15) is 50.2 Å². The second-order valence-corrected chi connectivity index (χ2v) is 7.19. The lowest BCUT2D eigenvalue weighted by Gasteiger charge is -2.19. The van der Waals surface area contributed by atoms with E-state index in [0.29, 0.717) is 17.2 Å².